The lowest BCUT2D eigenvalue weighted by molar-refractivity contribution is -0.118. The summed E-state index contributed by atoms with van der Waals surface area (Å²) in [5.41, 5.74) is 6.93. The molecule has 0 aromatic heterocycles. The maximum Gasteiger partial charge on any atom is 0.226 e. The molecule has 3 N–H and O–H groups in total. The van der Waals surface area contributed by atoms with Crippen LogP contribution in [0.2, 0.25) is 0 Å². The minimum absolute atomic E-state index is 0.0158. The molecular weight excluding hydrogens is 164 g/mol. The van der Waals surface area contributed by atoms with Crippen molar-refractivity contribution in [3.8, 4) is 0 Å². The Morgan fingerprint density at radius 3 is 2.54 bits per heavy atom. The lowest BCUT2D eigenvalue weighted by Gasteiger charge is -2.09. The number of nitrogen functional groups attached to an aromatic ring is 1. The van der Waals surface area contributed by atoms with Crippen LogP contribution in [0.5, 0.6) is 0 Å². The highest BCUT2D eigenvalue weighted by Crippen LogP contribution is 2.17. The summed E-state index contributed by atoms with van der Waals surface area (Å²) < 4.78 is 0. The van der Waals surface area contributed by atoms with Crippen LogP contribution in [0.1, 0.15) is 13.8 Å². The predicted octanol–water partition coefficient (Wildman–Crippen LogP) is 1.86. The summed E-state index contributed by atoms with van der Waals surface area (Å²) in [7, 11) is 0. The van der Waals surface area contributed by atoms with E-state index in [9.17, 15) is 4.79 Å². The zero-order chi connectivity index (χ0) is 9.84. The third kappa shape index (κ3) is 2.47. The zero-order valence-corrected chi connectivity index (χ0v) is 7.87. The van der Waals surface area contributed by atoms with E-state index in [2.05, 4.69) is 5.32 Å². The lowest BCUT2D eigenvalue weighted by Crippen LogP contribution is -2.18. The van der Waals surface area contributed by atoms with E-state index in [1.54, 1.807) is 12.1 Å². The Kier molecular flexibility index (Phi) is 2.90. The number of anilines is 2. The molecule has 0 aliphatic carbocycles. The molecule has 0 bridgehead atoms. The van der Waals surface area contributed by atoms with E-state index in [0.29, 0.717) is 11.4 Å². The smallest absolute Gasteiger partial charge is 0.226 e. The lowest BCUT2D eigenvalue weighted by atomic mass is 10.2. The molecule has 3 nitrogen and oxygen atoms in total. The van der Waals surface area contributed by atoms with Crippen LogP contribution in [-0.4, -0.2) is 5.91 Å². The largest absolute Gasteiger partial charge is 0.397 e. The van der Waals surface area contributed by atoms with Gasteiger partial charge in [0.2, 0.25) is 5.91 Å². The normalized spacial score (nSPS) is 10.1. The summed E-state index contributed by atoms with van der Waals surface area (Å²) in [5, 5.41) is 2.75. The van der Waals surface area contributed by atoms with Crippen molar-refractivity contribution in [3.05, 3.63) is 24.3 Å². The standard InChI is InChI=1S/C10H14N2O/c1-7(2)10(13)12-9-6-4-3-5-8(9)11/h3-7H,11H2,1-2H3,(H,12,13). The number of hydrogen-bond donors (Lipinski definition) is 2. The molecule has 1 aromatic rings. The molecular formula is C10H14N2O. The zero-order valence-electron chi connectivity index (χ0n) is 7.87. The summed E-state index contributed by atoms with van der Waals surface area (Å²) in [6.07, 6.45) is 0. The highest BCUT2D eigenvalue weighted by atomic mass is 16.1. The number of nitrogens with one attached hydrogen (secondary N) is 1. The third-order valence-corrected chi connectivity index (χ3v) is 1.74. The highest BCUT2D eigenvalue weighted by Gasteiger charge is 2.07. The maximum atomic E-state index is 11.3. The van der Waals surface area contributed by atoms with Gasteiger partial charge in [0.25, 0.3) is 0 Å². The maximum absolute atomic E-state index is 11.3. The average Bonchev–Trinajstić information content (AvgIpc) is 2.08. The van der Waals surface area contributed by atoms with Crippen LogP contribution < -0.4 is 11.1 Å². The van der Waals surface area contributed by atoms with Crippen molar-refractivity contribution < 1.29 is 4.79 Å². The molecule has 0 aliphatic rings. The Balaban J connectivity index is 2.75. The second kappa shape index (κ2) is 3.94. The van der Waals surface area contributed by atoms with Crippen LogP contribution in [0.25, 0.3) is 0 Å². The monoisotopic (exact) mass is 178 g/mol. The number of carbonyl (C=O) groups excluding carboxylic acids is 1. The van der Waals surface area contributed by atoms with Crippen LogP contribution in [0.15, 0.2) is 24.3 Å². The SMILES string of the molecule is CC(C)C(=O)Nc1ccccc1N. The van der Waals surface area contributed by atoms with Gasteiger partial charge in [-0.3, -0.25) is 4.79 Å². The second-order valence-corrected chi connectivity index (χ2v) is 3.23. The molecule has 0 heterocycles. The van der Waals surface area contributed by atoms with Gasteiger partial charge in [-0.05, 0) is 12.1 Å². The molecule has 0 aliphatic heterocycles. The van der Waals surface area contributed by atoms with E-state index in [0.717, 1.165) is 0 Å². The molecule has 3 heteroatoms. The van der Waals surface area contributed by atoms with Gasteiger partial charge in [-0.25, -0.2) is 0 Å². The van der Waals surface area contributed by atoms with E-state index in [4.69, 9.17) is 5.73 Å². The van der Waals surface area contributed by atoms with Crippen molar-refractivity contribution in [2.24, 2.45) is 5.92 Å². The van der Waals surface area contributed by atoms with Crippen LogP contribution in [0, 0.1) is 5.92 Å². The van der Waals surface area contributed by atoms with Gasteiger partial charge in [0.05, 0.1) is 11.4 Å². The Hall–Kier alpha value is -1.51. The van der Waals surface area contributed by atoms with Gasteiger partial charge in [-0.1, -0.05) is 26.0 Å². The van der Waals surface area contributed by atoms with Crippen molar-refractivity contribution in [2.45, 2.75) is 13.8 Å². The minimum atomic E-state index is -0.0281. The first-order valence-corrected chi connectivity index (χ1v) is 4.26. The summed E-state index contributed by atoms with van der Waals surface area (Å²) in [5.74, 6) is -0.0440. The van der Waals surface area contributed by atoms with Gasteiger partial charge < -0.3 is 11.1 Å². The fourth-order valence-electron chi connectivity index (χ4n) is 0.888. The van der Waals surface area contributed by atoms with E-state index in [-0.39, 0.29) is 11.8 Å². The highest BCUT2D eigenvalue weighted by molar-refractivity contribution is 5.94. The molecule has 1 aromatic carbocycles. The second-order valence-electron chi connectivity index (χ2n) is 3.23. The number of hydrogen-bond acceptors (Lipinski definition) is 2. The Bertz CT molecular complexity index is 308. The summed E-state index contributed by atoms with van der Waals surface area (Å²) in [4.78, 5) is 11.3. The van der Waals surface area contributed by atoms with Crippen LogP contribution in [0.4, 0.5) is 11.4 Å². The number of carbonyl (C=O) groups is 1. The van der Waals surface area contributed by atoms with E-state index < -0.39 is 0 Å². The molecule has 0 atom stereocenters. The quantitative estimate of drug-likeness (QED) is 0.679. The topological polar surface area (TPSA) is 55.1 Å². The van der Waals surface area contributed by atoms with Crippen molar-refractivity contribution in [1.29, 1.82) is 0 Å². The van der Waals surface area contributed by atoms with Gasteiger partial charge >= 0.3 is 0 Å². The molecule has 13 heavy (non-hydrogen) atoms. The third-order valence-electron chi connectivity index (χ3n) is 1.74. The number of benzene rings is 1. The van der Waals surface area contributed by atoms with Gasteiger partial charge in [0, 0.05) is 5.92 Å². The van der Waals surface area contributed by atoms with Crippen LogP contribution in [-0.2, 0) is 4.79 Å². The van der Waals surface area contributed by atoms with Crippen LogP contribution >= 0.6 is 0 Å². The molecule has 0 saturated carbocycles. The number of amides is 1. The number of para-hydroxylation sites is 2. The minimum Gasteiger partial charge on any atom is -0.397 e. The fraction of sp³-hybridized carbons (Fsp3) is 0.300. The average molecular weight is 178 g/mol. The molecule has 0 fully saturated rings. The Labute approximate surface area is 77.9 Å². The van der Waals surface area contributed by atoms with Crippen molar-refractivity contribution in [1.82, 2.24) is 0 Å². The van der Waals surface area contributed by atoms with Crippen molar-refractivity contribution in [3.63, 3.8) is 0 Å². The molecule has 1 amide bonds. The first-order valence-electron chi connectivity index (χ1n) is 4.26. The van der Waals surface area contributed by atoms with Crippen molar-refractivity contribution in [2.75, 3.05) is 11.1 Å². The van der Waals surface area contributed by atoms with Gasteiger partial charge in [-0.15, -0.1) is 0 Å². The van der Waals surface area contributed by atoms with Gasteiger partial charge in [0.15, 0.2) is 0 Å². The fourth-order valence-corrected chi connectivity index (χ4v) is 0.888. The molecule has 0 unspecified atom stereocenters. The molecule has 0 saturated heterocycles. The molecule has 0 radical (unpaired) electrons. The number of rotatable bonds is 2. The molecule has 0 spiro atoms. The van der Waals surface area contributed by atoms with Crippen LogP contribution in [0.3, 0.4) is 0 Å². The van der Waals surface area contributed by atoms with E-state index in [1.807, 2.05) is 26.0 Å². The first-order chi connectivity index (χ1) is 6.11. The predicted molar refractivity (Wildman–Crippen MR) is 54.3 cm³/mol. The summed E-state index contributed by atoms with van der Waals surface area (Å²) in [6.45, 7) is 3.68. The summed E-state index contributed by atoms with van der Waals surface area (Å²) >= 11 is 0. The van der Waals surface area contributed by atoms with Crippen molar-refractivity contribution >= 4 is 17.3 Å². The summed E-state index contributed by atoms with van der Waals surface area (Å²) in [6, 6.07) is 7.22. The number of nitrogens with two attached hydrogens (primary N) is 1. The van der Waals surface area contributed by atoms with E-state index in [1.165, 1.54) is 0 Å². The van der Waals surface area contributed by atoms with E-state index >= 15 is 0 Å². The molecule has 70 valence electrons. The van der Waals surface area contributed by atoms with Gasteiger partial charge in [-0.2, -0.15) is 0 Å². The Morgan fingerprint density at radius 2 is 2.00 bits per heavy atom. The first kappa shape index (κ1) is 9.58. The molecule has 1 rings (SSSR count). The van der Waals surface area contributed by atoms with Gasteiger partial charge in [0.1, 0.15) is 0 Å². The Morgan fingerprint density at radius 1 is 1.38 bits per heavy atom.